The lowest BCUT2D eigenvalue weighted by molar-refractivity contribution is 0.183. The Bertz CT molecular complexity index is 1020. The number of rotatable bonds is 5. The second-order valence-corrected chi connectivity index (χ2v) is 8.09. The number of hydrogen-bond donors (Lipinski definition) is 2. The molecule has 3 rings (SSSR count). The van der Waals surface area contributed by atoms with Crippen LogP contribution in [-0.4, -0.2) is 20.1 Å². The minimum absolute atomic E-state index is 0.0663. The third kappa shape index (κ3) is 3.97. The fourth-order valence-electron chi connectivity index (χ4n) is 2.60. The quantitative estimate of drug-likeness (QED) is 0.681. The predicted octanol–water partition coefficient (Wildman–Crippen LogP) is 4.16. The monoisotopic (exact) mass is 395 g/mol. The molecule has 130 valence electrons. The van der Waals surface area contributed by atoms with Gasteiger partial charge in [0.25, 0.3) is 0 Å². The largest absolute Gasteiger partial charge is 0.387 e. The van der Waals surface area contributed by atoms with Crippen LogP contribution in [-0.2, 0) is 10.0 Å². The average molecular weight is 396 g/mol. The highest BCUT2D eigenvalue weighted by Crippen LogP contribution is 2.26. The van der Waals surface area contributed by atoms with Gasteiger partial charge in [-0.3, -0.25) is 0 Å². The molecular weight excluding hydrogens is 381 g/mol. The summed E-state index contributed by atoms with van der Waals surface area (Å²) in [6.07, 6.45) is -1.00. The van der Waals surface area contributed by atoms with Crippen LogP contribution in [0.4, 0.5) is 0 Å². The first-order valence-electron chi connectivity index (χ1n) is 7.49. The number of nitrogens with one attached hydrogen (secondary N) is 1. The molecule has 7 heteroatoms. The van der Waals surface area contributed by atoms with Gasteiger partial charge >= 0.3 is 0 Å². The highest BCUT2D eigenvalue weighted by Gasteiger charge is 2.20. The van der Waals surface area contributed by atoms with Crippen LogP contribution < -0.4 is 4.72 Å². The zero-order valence-electron chi connectivity index (χ0n) is 13.0. The standard InChI is InChI=1S/C18H15Cl2NO3S/c19-13-8-9-16(20)18(10-13)25(23,24)21-11-17(22)15-7-3-5-12-4-1-2-6-14(12)15/h1-10,17,21-22H,11H2. The molecule has 4 nitrogen and oxygen atoms in total. The first kappa shape index (κ1) is 18.2. The van der Waals surface area contributed by atoms with Crippen molar-refractivity contribution < 1.29 is 13.5 Å². The number of benzene rings is 3. The second-order valence-electron chi connectivity index (χ2n) is 5.51. The van der Waals surface area contributed by atoms with Crippen molar-refractivity contribution >= 4 is 44.0 Å². The van der Waals surface area contributed by atoms with Crippen molar-refractivity contribution in [3.8, 4) is 0 Å². The number of hydrogen-bond acceptors (Lipinski definition) is 3. The van der Waals surface area contributed by atoms with E-state index in [0.717, 1.165) is 10.8 Å². The molecule has 0 heterocycles. The van der Waals surface area contributed by atoms with Gasteiger partial charge in [-0.15, -0.1) is 0 Å². The van der Waals surface area contributed by atoms with Gasteiger partial charge in [-0.1, -0.05) is 65.7 Å². The summed E-state index contributed by atoms with van der Waals surface area (Å²) in [6.45, 7) is -0.181. The maximum absolute atomic E-state index is 12.4. The molecule has 0 aliphatic heterocycles. The number of sulfonamides is 1. The van der Waals surface area contributed by atoms with Crippen molar-refractivity contribution in [3.05, 3.63) is 76.3 Å². The highest BCUT2D eigenvalue weighted by molar-refractivity contribution is 7.89. The molecule has 1 unspecified atom stereocenters. The van der Waals surface area contributed by atoms with E-state index >= 15 is 0 Å². The molecule has 0 amide bonds. The van der Waals surface area contributed by atoms with Crippen LogP contribution in [0.1, 0.15) is 11.7 Å². The summed E-state index contributed by atoms with van der Waals surface area (Å²) in [4.78, 5) is -0.119. The summed E-state index contributed by atoms with van der Waals surface area (Å²) in [5, 5.41) is 12.6. The Morgan fingerprint density at radius 1 is 1.00 bits per heavy atom. The maximum atomic E-state index is 12.4. The Balaban J connectivity index is 1.84. The van der Waals surface area contributed by atoms with E-state index < -0.39 is 16.1 Å². The van der Waals surface area contributed by atoms with Gasteiger partial charge in [0.05, 0.1) is 11.1 Å². The SMILES string of the molecule is O=S(=O)(NCC(O)c1cccc2ccccc12)c1cc(Cl)ccc1Cl. The molecule has 0 saturated carbocycles. The molecule has 0 aliphatic carbocycles. The van der Waals surface area contributed by atoms with Gasteiger partial charge in [0.15, 0.2) is 0 Å². The predicted molar refractivity (Wildman–Crippen MR) is 101 cm³/mol. The van der Waals surface area contributed by atoms with Crippen LogP contribution >= 0.6 is 23.2 Å². The van der Waals surface area contributed by atoms with E-state index in [-0.39, 0.29) is 21.5 Å². The van der Waals surface area contributed by atoms with E-state index in [2.05, 4.69) is 4.72 Å². The molecule has 0 bridgehead atoms. The van der Waals surface area contributed by atoms with Gasteiger partial charge in [0, 0.05) is 11.6 Å². The Kier molecular flexibility index (Phi) is 5.32. The Morgan fingerprint density at radius 2 is 1.72 bits per heavy atom. The number of fused-ring (bicyclic) bond motifs is 1. The summed E-state index contributed by atoms with van der Waals surface area (Å²) >= 11 is 11.8. The Morgan fingerprint density at radius 3 is 2.52 bits per heavy atom. The molecule has 0 saturated heterocycles. The van der Waals surface area contributed by atoms with Crippen molar-refractivity contribution in [1.82, 2.24) is 4.72 Å². The lowest BCUT2D eigenvalue weighted by Gasteiger charge is -2.15. The van der Waals surface area contributed by atoms with Gasteiger partial charge in [-0.05, 0) is 34.5 Å². The van der Waals surface area contributed by atoms with Crippen molar-refractivity contribution in [2.75, 3.05) is 6.54 Å². The molecule has 0 spiro atoms. The van der Waals surface area contributed by atoms with Gasteiger partial charge in [0.2, 0.25) is 10.0 Å². The van der Waals surface area contributed by atoms with Crippen molar-refractivity contribution in [2.24, 2.45) is 0 Å². The van der Waals surface area contributed by atoms with Crippen molar-refractivity contribution in [3.63, 3.8) is 0 Å². The average Bonchev–Trinajstić information content (AvgIpc) is 2.61. The lowest BCUT2D eigenvalue weighted by atomic mass is 10.0. The molecule has 0 aliphatic rings. The van der Waals surface area contributed by atoms with E-state index in [9.17, 15) is 13.5 Å². The molecule has 2 N–H and O–H groups in total. The van der Waals surface area contributed by atoms with E-state index in [1.54, 1.807) is 6.07 Å². The van der Waals surface area contributed by atoms with E-state index in [0.29, 0.717) is 5.56 Å². The molecular formula is C18H15Cl2NO3S. The van der Waals surface area contributed by atoms with E-state index in [4.69, 9.17) is 23.2 Å². The number of halogens is 2. The first-order valence-corrected chi connectivity index (χ1v) is 9.73. The summed E-state index contributed by atoms with van der Waals surface area (Å²) in [5.74, 6) is 0. The Hall–Kier alpha value is -1.63. The van der Waals surface area contributed by atoms with Gasteiger partial charge in [-0.2, -0.15) is 0 Å². The van der Waals surface area contributed by atoms with Gasteiger partial charge in [-0.25, -0.2) is 13.1 Å². The van der Waals surface area contributed by atoms with Crippen LogP contribution in [0.2, 0.25) is 10.0 Å². The third-order valence-electron chi connectivity index (χ3n) is 3.83. The smallest absolute Gasteiger partial charge is 0.242 e. The van der Waals surface area contributed by atoms with E-state index in [1.165, 1.54) is 18.2 Å². The number of aliphatic hydroxyl groups excluding tert-OH is 1. The molecule has 1 atom stereocenters. The highest BCUT2D eigenvalue weighted by atomic mass is 35.5. The summed E-state index contributed by atoms with van der Waals surface area (Å²) in [7, 11) is -3.90. The zero-order chi connectivity index (χ0) is 18.0. The zero-order valence-corrected chi connectivity index (χ0v) is 15.3. The maximum Gasteiger partial charge on any atom is 0.242 e. The fourth-order valence-corrected chi connectivity index (χ4v) is 4.40. The minimum atomic E-state index is -3.90. The van der Waals surface area contributed by atoms with Crippen LogP contribution in [0.3, 0.4) is 0 Å². The first-order chi connectivity index (χ1) is 11.9. The minimum Gasteiger partial charge on any atom is -0.387 e. The third-order valence-corrected chi connectivity index (χ3v) is 5.97. The summed E-state index contributed by atoms with van der Waals surface area (Å²) in [6, 6.07) is 17.3. The normalized spacial score (nSPS) is 13.1. The summed E-state index contributed by atoms with van der Waals surface area (Å²) < 4.78 is 27.3. The van der Waals surface area contributed by atoms with Gasteiger partial charge < -0.3 is 5.11 Å². The summed E-state index contributed by atoms with van der Waals surface area (Å²) in [5.41, 5.74) is 0.651. The molecule has 25 heavy (non-hydrogen) atoms. The van der Waals surface area contributed by atoms with Crippen molar-refractivity contribution in [2.45, 2.75) is 11.0 Å². The van der Waals surface area contributed by atoms with E-state index in [1.807, 2.05) is 36.4 Å². The molecule has 0 fully saturated rings. The van der Waals surface area contributed by atoms with Crippen LogP contribution in [0.25, 0.3) is 10.8 Å². The number of aliphatic hydroxyl groups is 1. The van der Waals surface area contributed by atoms with Gasteiger partial charge in [0.1, 0.15) is 4.90 Å². The molecule has 3 aromatic rings. The Labute approximate surface area is 156 Å². The van der Waals surface area contributed by atoms with Crippen molar-refractivity contribution in [1.29, 1.82) is 0 Å². The van der Waals surface area contributed by atoms with Crippen LogP contribution in [0, 0.1) is 0 Å². The lowest BCUT2D eigenvalue weighted by Crippen LogP contribution is -2.28. The molecule has 3 aromatic carbocycles. The fraction of sp³-hybridized carbons (Fsp3) is 0.111. The topological polar surface area (TPSA) is 66.4 Å². The van der Waals surface area contributed by atoms with Crippen LogP contribution in [0.5, 0.6) is 0 Å². The molecule has 0 aromatic heterocycles. The second kappa shape index (κ2) is 7.32. The molecule has 0 radical (unpaired) electrons. The van der Waals surface area contributed by atoms with Crippen LogP contribution in [0.15, 0.2) is 65.6 Å².